The highest BCUT2D eigenvalue weighted by Crippen LogP contribution is 2.41. The van der Waals surface area contributed by atoms with E-state index in [1.807, 2.05) is 18.5 Å². The number of hydrogen-bond donors (Lipinski definition) is 0. The number of ether oxygens (including phenoxy) is 2. The Bertz CT molecular complexity index is 1150. The molecule has 2 aliphatic rings. The minimum absolute atomic E-state index is 0.207. The van der Waals surface area contributed by atoms with Gasteiger partial charge >= 0.3 is 0 Å². The first-order chi connectivity index (χ1) is 16.5. The smallest absolute Gasteiger partial charge is 0.219 e. The van der Waals surface area contributed by atoms with Crippen LogP contribution in [0.2, 0.25) is 0 Å². The molecule has 5 rings (SSSR count). The fraction of sp³-hybridized carbons (Fsp3) is 0.393. The summed E-state index contributed by atoms with van der Waals surface area (Å²) in [7, 11) is 1.71. The van der Waals surface area contributed by atoms with Gasteiger partial charge in [0.25, 0.3) is 0 Å². The molecule has 2 aliphatic heterocycles. The lowest BCUT2D eigenvalue weighted by Gasteiger charge is -2.41. The topological polar surface area (TPSA) is 59.8 Å². The van der Waals surface area contributed by atoms with Crippen LogP contribution in [0.3, 0.4) is 0 Å². The van der Waals surface area contributed by atoms with Crippen LogP contribution in [0, 0.1) is 0 Å². The van der Waals surface area contributed by atoms with Gasteiger partial charge in [-0.05, 0) is 63.0 Å². The fourth-order valence-electron chi connectivity index (χ4n) is 4.91. The molecule has 0 spiro atoms. The Morgan fingerprint density at radius 1 is 0.971 bits per heavy atom. The van der Waals surface area contributed by atoms with Crippen LogP contribution in [0.5, 0.6) is 5.75 Å². The molecule has 3 heterocycles. The third-order valence-corrected chi connectivity index (χ3v) is 6.87. The van der Waals surface area contributed by atoms with Gasteiger partial charge in [0.05, 0.1) is 23.6 Å². The molecule has 3 aromatic rings. The zero-order valence-electron chi connectivity index (χ0n) is 20.2. The number of piperidine rings is 1. The number of likely N-dealkylation sites (tertiary alicyclic amines) is 1. The molecule has 0 radical (unpaired) electrons. The monoisotopic (exact) mass is 456 g/mol. The summed E-state index contributed by atoms with van der Waals surface area (Å²) in [6.45, 7) is 7.62. The van der Waals surface area contributed by atoms with Gasteiger partial charge in [-0.1, -0.05) is 42.5 Å². The predicted molar refractivity (Wildman–Crippen MR) is 133 cm³/mol. The number of aromatic nitrogens is 2. The number of rotatable bonds is 6. The van der Waals surface area contributed by atoms with Gasteiger partial charge in [-0.2, -0.15) is 0 Å². The van der Waals surface area contributed by atoms with Crippen molar-refractivity contribution in [2.45, 2.75) is 44.2 Å². The van der Waals surface area contributed by atoms with Crippen molar-refractivity contribution < 1.29 is 9.47 Å². The number of benzene rings is 2. The first kappa shape index (κ1) is 22.5. The van der Waals surface area contributed by atoms with Crippen molar-refractivity contribution in [1.29, 1.82) is 0 Å². The molecule has 0 atom stereocenters. The second-order valence-corrected chi connectivity index (χ2v) is 9.89. The molecule has 34 heavy (non-hydrogen) atoms. The van der Waals surface area contributed by atoms with Crippen LogP contribution in [0.25, 0.3) is 0 Å². The van der Waals surface area contributed by atoms with Crippen molar-refractivity contribution in [3.63, 3.8) is 0 Å². The van der Waals surface area contributed by atoms with E-state index >= 15 is 0 Å². The molecule has 1 fully saturated rings. The van der Waals surface area contributed by atoms with E-state index < -0.39 is 0 Å². The summed E-state index contributed by atoms with van der Waals surface area (Å²) in [6.07, 6.45) is 5.61. The van der Waals surface area contributed by atoms with Gasteiger partial charge in [0, 0.05) is 18.9 Å². The number of nitrogens with zero attached hydrogens (tertiary/aromatic N) is 4. The second kappa shape index (κ2) is 9.18. The zero-order chi connectivity index (χ0) is 23.6. The summed E-state index contributed by atoms with van der Waals surface area (Å²) >= 11 is 0. The summed E-state index contributed by atoms with van der Waals surface area (Å²) in [6, 6.07) is 19.0. The summed E-state index contributed by atoms with van der Waals surface area (Å²) in [5, 5.41) is 0. The highest BCUT2D eigenvalue weighted by molar-refractivity contribution is 5.94. The molecule has 0 aliphatic carbocycles. The lowest BCUT2D eigenvalue weighted by atomic mass is 9.71. The molecule has 0 amide bonds. The maximum Gasteiger partial charge on any atom is 0.219 e. The lowest BCUT2D eigenvalue weighted by Crippen LogP contribution is -2.44. The zero-order valence-corrected chi connectivity index (χ0v) is 20.2. The van der Waals surface area contributed by atoms with Crippen LogP contribution in [0.15, 0.2) is 72.0 Å². The molecule has 6 nitrogen and oxygen atoms in total. The maximum absolute atomic E-state index is 5.80. The van der Waals surface area contributed by atoms with Crippen LogP contribution in [0.1, 0.15) is 49.2 Å². The second-order valence-electron chi connectivity index (χ2n) is 9.89. The third kappa shape index (κ3) is 4.55. The van der Waals surface area contributed by atoms with Crippen LogP contribution in [0.4, 0.5) is 0 Å². The minimum Gasteiger partial charge on any atom is -0.497 e. The molecule has 2 aromatic carbocycles. The minimum atomic E-state index is -0.266. The quantitative estimate of drug-likeness (QED) is 0.542. The Morgan fingerprint density at radius 2 is 1.71 bits per heavy atom. The van der Waals surface area contributed by atoms with Gasteiger partial charge in [-0.25, -0.2) is 15.0 Å². The Balaban J connectivity index is 1.44. The largest absolute Gasteiger partial charge is 0.497 e. The van der Waals surface area contributed by atoms with Crippen molar-refractivity contribution >= 4 is 5.90 Å². The van der Waals surface area contributed by atoms with Crippen molar-refractivity contribution in [3.05, 3.63) is 89.5 Å². The van der Waals surface area contributed by atoms with E-state index in [0.717, 1.165) is 49.6 Å². The number of methoxy groups -OCH3 is 1. The van der Waals surface area contributed by atoms with Gasteiger partial charge in [0.1, 0.15) is 18.2 Å². The Hall–Kier alpha value is -3.25. The van der Waals surface area contributed by atoms with E-state index in [-0.39, 0.29) is 11.0 Å². The first-order valence-electron chi connectivity index (χ1n) is 11.9. The van der Waals surface area contributed by atoms with Crippen molar-refractivity contribution in [3.8, 4) is 5.75 Å². The summed E-state index contributed by atoms with van der Waals surface area (Å²) < 4.78 is 11.3. The molecular formula is C28H32N4O2. The van der Waals surface area contributed by atoms with E-state index in [4.69, 9.17) is 19.4 Å². The van der Waals surface area contributed by atoms with Crippen molar-refractivity contribution in [1.82, 2.24) is 14.9 Å². The summed E-state index contributed by atoms with van der Waals surface area (Å²) in [4.78, 5) is 16.9. The van der Waals surface area contributed by atoms with Gasteiger partial charge in [-0.3, -0.25) is 4.90 Å². The lowest BCUT2D eigenvalue weighted by molar-refractivity contribution is 0.167. The SMILES string of the molecule is COc1cccc(C2(c3ncc(C4=NC(C)(C)CO4)cn3)CCN(Cc3ccccc3)CC2)c1. The average Bonchev–Trinajstić information content (AvgIpc) is 3.25. The molecule has 0 unspecified atom stereocenters. The third-order valence-electron chi connectivity index (χ3n) is 6.87. The molecule has 1 aromatic heterocycles. The first-order valence-corrected chi connectivity index (χ1v) is 11.9. The Labute approximate surface area is 201 Å². The molecule has 0 N–H and O–H groups in total. The normalized spacial score (nSPS) is 19.3. The fourth-order valence-corrected chi connectivity index (χ4v) is 4.91. The maximum atomic E-state index is 5.80. The summed E-state index contributed by atoms with van der Waals surface area (Å²) in [5.74, 6) is 2.34. The standard InChI is InChI=1S/C28H32N4O2/c1-27(2)20-34-25(31-27)22-17-29-26(30-18-22)28(23-10-7-11-24(16-23)33-3)12-14-32(15-13-28)19-21-8-5-4-6-9-21/h4-11,16-18H,12-15,19-20H2,1-3H3. The summed E-state index contributed by atoms with van der Waals surface area (Å²) in [5.41, 5.74) is 2.91. The van der Waals surface area contributed by atoms with E-state index in [2.05, 4.69) is 72.3 Å². The van der Waals surface area contributed by atoms with E-state index in [9.17, 15) is 0 Å². The van der Waals surface area contributed by atoms with Gasteiger partial charge in [0.2, 0.25) is 5.90 Å². The van der Waals surface area contributed by atoms with Crippen molar-refractivity contribution in [2.24, 2.45) is 4.99 Å². The average molecular weight is 457 g/mol. The van der Waals surface area contributed by atoms with E-state index in [1.54, 1.807) is 7.11 Å². The van der Waals surface area contributed by atoms with Crippen LogP contribution in [-0.4, -0.2) is 53.1 Å². The van der Waals surface area contributed by atoms with E-state index in [1.165, 1.54) is 11.1 Å². The molecule has 176 valence electrons. The highest BCUT2D eigenvalue weighted by Gasteiger charge is 2.41. The number of hydrogen-bond acceptors (Lipinski definition) is 6. The van der Waals surface area contributed by atoms with Crippen LogP contribution >= 0.6 is 0 Å². The Kier molecular flexibility index (Phi) is 6.09. The van der Waals surface area contributed by atoms with Gasteiger partial charge in [0.15, 0.2) is 0 Å². The van der Waals surface area contributed by atoms with Gasteiger partial charge < -0.3 is 9.47 Å². The van der Waals surface area contributed by atoms with Crippen LogP contribution in [-0.2, 0) is 16.7 Å². The highest BCUT2D eigenvalue weighted by atomic mass is 16.5. The van der Waals surface area contributed by atoms with Crippen LogP contribution < -0.4 is 4.74 Å². The molecule has 0 saturated carbocycles. The number of aliphatic imine (C=N–C) groups is 1. The molecule has 6 heteroatoms. The Morgan fingerprint density at radius 3 is 2.35 bits per heavy atom. The van der Waals surface area contributed by atoms with Gasteiger partial charge in [-0.15, -0.1) is 0 Å². The van der Waals surface area contributed by atoms with Crippen molar-refractivity contribution in [2.75, 3.05) is 26.8 Å². The molecular weight excluding hydrogens is 424 g/mol. The van der Waals surface area contributed by atoms with E-state index in [0.29, 0.717) is 12.5 Å². The predicted octanol–water partition coefficient (Wildman–Crippen LogP) is 4.62. The molecule has 1 saturated heterocycles. The molecule has 0 bridgehead atoms.